The largest absolute Gasteiger partial charge is 0.383 e. The number of hydrogen-bond donors (Lipinski definition) is 2. The summed E-state index contributed by atoms with van der Waals surface area (Å²) < 4.78 is 0. The SMILES string of the molecule is CCc1c(N)ncnc1NCC1(C2CC2)CC1. The summed E-state index contributed by atoms with van der Waals surface area (Å²) in [4.78, 5) is 8.36. The topological polar surface area (TPSA) is 63.8 Å². The van der Waals surface area contributed by atoms with Gasteiger partial charge >= 0.3 is 0 Å². The molecule has 1 aromatic rings. The van der Waals surface area contributed by atoms with Gasteiger partial charge < -0.3 is 11.1 Å². The van der Waals surface area contributed by atoms with Gasteiger partial charge in [0.05, 0.1) is 0 Å². The lowest BCUT2D eigenvalue weighted by Gasteiger charge is -2.17. The molecule has 0 aromatic carbocycles. The maximum Gasteiger partial charge on any atom is 0.134 e. The van der Waals surface area contributed by atoms with Gasteiger partial charge in [-0.15, -0.1) is 0 Å². The van der Waals surface area contributed by atoms with E-state index in [1.54, 1.807) is 6.33 Å². The monoisotopic (exact) mass is 232 g/mol. The molecule has 0 atom stereocenters. The Bertz CT molecular complexity index is 421. The van der Waals surface area contributed by atoms with Gasteiger partial charge in [0.25, 0.3) is 0 Å². The number of nitrogens with zero attached hydrogens (tertiary/aromatic N) is 2. The standard InChI is InChI=1S/C13H20N4/c1-2-10-11(14)16-8-17-12(10)15-7-13(5-6-13)9-3-4-9/h8-9H,2-7H2,1H3,(H3,14,15,16,17). The van der Waals surface area contributed by atoms with Gasteiger partial charge in [-0.25, -0.2) is 9.97 Å². The zero-order valence-electron chi connectivity index (χ0n) is 10.4. The molecule has 2 aliphatic carbocycles. The molecule has 0 bridgehead atoms. The van der Waals surface area contributed by atoms with E-state index in [1.807, 2.05) is 0 Å². The number of rotatable bonds is 5. The van der Waals surface area contributed by atoms with Crippen LogP contribution in [0.25, 0.3) is 0 Å². The first kappa shape index (κ1) is 10.8. The molecule has 4 nitrogen and oxygen atoms in total. The third-order valence-electron chi connectivity index (χ3n) is 4.28. The van der Waals surface area contributed by atoms with Crippen LogP contribution in [-0.2, 0) is 6.42 Å². The van der Waals surface area contributed by atoms with E-state index in [1.165, 1.54) is 25.7 Å². The van der Waals surface area contributed by atoms with E-state index in [0.29, 0.717) is 11.2 Å². The van der Waals surface area contributed by atoms with E-state index >= 15 is 0 Å². The smallest absolute Gasteiger partial charge is 0.134 e. The fourth-order valence-corrected chi connectivity index (χ4v) is 2.77. The number of nitrogens with two attached hydrogens (primary N) is 1. The van der Waals surface area contributed by atoms with E-state index in [0.717, 1.165) is 30.3 Å². The van der Waals surface area contributed by atoms with E-state index in [4.69, 9.17) is 5.73 Å². The summed E-state index contributed by atoms with van der Waals surface area (Å²) in [5.41, 5.74) is 7.51. The van der Waals surface area contributed by atoms with E-state index in [9.17, 15) is 0 Å². The van der Waals surface area contributed by atoms with E-state index in [2.05, 4.69) is 22.2 Å². The Morgan fingerprint density at radius 2 is 2.18 bits per heavy atom. The first-order valence-electron chi connectivity index (χ1n) is 6.58. The fourth-order valence-electron chi connectivity index (χ4n) is 2.77. The highest BCUT2D eigenvalue weighted by Gasteiger charge is 2.53. The van der Waals surface area contributed by atoms with Crippen LogP contribution in [0.15, 0.2) is 6.33 Å². The summed E-state index contributed by atoms with van der Waals surface area (Å²) in [5.74, 6) is 2.52. The van der Waals surface area contributed by atoms with Crippen LogP contribution in [0.2, 0.25) is 0 Å². The molecule has 0 saturated heterocycles. The van der Waals surface area contributed by atoms with Crippen LogP contribution in [-0.4, -0.2) is 16.5 Å². The minimum absolute atomic E-state index is 0.588. The lowest BCUT2D eigenvalue weighted by molar-refractivity contribution is 0.466. The molecule has 3 rings (SSSR count). The fraction of sp³-hybridized carbons (Fsp3) is 0.692. The van der Waals surface area contributed by atoms with E-state index < -0.39 is 0 Å². The second-order valence-corrected chi connectivity index (χ2v) is 5.43. The maximum absolute atomic E-state index is 5.87. The van der Waals surface area contributed by atoms with Crippen LogP contribution in [0.4, 0.5) is 11.6 Å². The Labute approximate surface area is 102 Å². The minimum atomic E-state index is 0.588. The molecule has 1 heterocycles. The quantitative estimate of drug-likeness (QED) is 0.817. The molecule has 0 aliphatic heterocycles. The third-order valence-corrected chi connectivity index (χ3v) is 4.28. The van der Waals surface area contributed by atoms with Crippen molar-refractivity contribution < 1.29 is 0 Å². The summed E-state index contributed by atoms with van der Waals surface area (Å²) in [6.45, 7) is 3.15. The Morgan fingerprint density at radius 1 is 1.41 bits per heavy atom. The van der Waals surface area contributed by atoms with Gasteiger partial charge in [-0.05, 0) is 43.4 Å². The summed E-state index contributed by atoms with van der Waals surface area (Å²) in [7, 11) is 0. The van der Waals surface area contributed by atoms with Crippen molar-refractivity contribution in [2.75, 3.05) is 17.6 Å². The third kappa shape index (κ3) is 1.96. The van der Waals surface area contributed by atoms with Crippen LogP contribution in [0, 0.1) is 11.3 Å². The molecule has 2 saturated carbocycles. The molecule has 1 aromatic heterocycles. The molecule has 0 spiro atoms. The van der Waals surface area contributed by atoms with Crippen LogP contribution in [0.3, 0.4) is 0 Å². The van der Waals surface area contributed by atoms with Crippen molar-refractivity contribution >= 4 is 11.6 Å². The molecule has 92 valence electrons. The van der Waals surface area contributed by atoms with E-state index in [-0.39, 0.29) is 0 Å². The van der Waals surface area contributed by atoms with Gasteiger partial charge in [-0.3, -0.25) is 0 Å². The molecule has 2 fully saturated rings. The normalized spacial score (nSPS) is 21.2. The van der Waals surface area contributed by atoms with Crippen molar-refractivity contribution in [1.82, 2.24) is 9.97 Å². The first-order chi connectivity index (χ1) is 8.25. The second kappa shape index (κ2) is 3.86. The number of hydrogen-bond acceptors (Lipinski definition) is 4. The molecule has 3 N–H and O–H groups in total. The van der Waals surface area contributed by atoms with Crippen LogP contribution >= 0.6 is 0 Å². The zero-order valence-corrected chi connectivity index (χ0v) is 10.4. The van der Waals surface area contributed by atoms with Gasteiger partial charge in [-0.1, -0.05) is 6.92 Å². The van der Waals surface area contributed by atoms with Gasteiger partial charge in [0.1, 0.15) is 18.0 Å². The van der Waals surface area contributed by atoms with Gasteiger partial charge in [0.15, 0.2) is 0 Å². The number of nitrogen functional groups attached to an aromatic ring is 1. The molecule has 4 heteroatoms. The predicted molar refractivity (Wildman–Crippen MR) is 68.7 cm³/mol. The van der Waals surface area contributed by atoms with Crippen molar-refractivity contribution in [3.63, 3.8) is 0 Å². The van der Waals surface area contributed by atoms with Crippen molar-refractivity contribution in [3.05, 3.63) is 11.9 Å². The predicted octanol–water partition coefficient (Wildman–Crippen LogP) is 2.22. The minimum Gasteiger partial charge on any atom is -0.383 e. The van der Waals surface area contributed by atoms with Crippen LogP contribution in [0.1, 0.15) is 38.2 Å². The zero-order chi connectivity index (χ0) is 11.9. The maximum atomic E-state index is 5.87. The number of aromatic nitrogens is 2. The summed E-state index contributed by atoms with van der Waals surface area (Å²) in [6, 6.07) is 0. The highest BCUT2D eigenvalue weighted by atomic mass is 15.0. The van der Waals surface area contributed by atoms with Gasteiger partial charge in [-0.2, -0.15) is 0 Å². The lowest BCUT2D eigenvalue weighted by atomic mass is 10.0. The molecule has 17 heavy (non-hydrogen) atoms. The highest BCUT2D eigenvalue weighted by Crippen LogP contribution is 2.61. The van der Waals surface area contributed by atoms with Crippen LogP contribution < -0.4 is 11.1 Å². The second-order valence-electron chi connectivity index (χ2n) is 5.43. The van der Waals surface area contributed by atoms with Crippen LogP contribution in [0.5, 0.6) is 0 Å². The average Bonchev–Trinajstić information content (AvgIpc) is 3.17. The molecule has 2 aliphatic rings. The molecule has 0 radical (unpaired) electrons. The summed E-state index contributed by atoms with van der Waals surface area (Å²) in [6.07, 6.45) is 8.04. The number of anilines is 2. The molecule has 0 amide bonds. The Hall–Kier alpha value is -1.32. The van der Waals surface area contributed by atoms with Crippen molar-refractivity contribution in [2.45, 2.75) is 39.0 Å². The van der Waals surface area contributed by atoms with Crippen molar-refractivity contribution in [1.29, 1.82) is 0 Å². The van der Waals surface area contributed by atoms with Crippen molar-refractivity contribution in [2.24, 2.45) is 11.3 Å². The Balaban J connectivity index is 1.70. The summed E-state index contributed by atoms with van der Waals surface area (Å²) >= 11 is 0. The van der Waals surface area contributed by atoms with Gasteiger partial charge in [0, 0.05) is 12.1 Å². The first-order valence-corrected chi connectivity index (χ1v) is 6.58. The Morgan fingerprint density at radius 3 is 2.76 bits per heavy atom. The van der Waals surface area contributed by atoms with Crippen molar-refractivity contribution in [3.8, 4) is 0 Å². The molecule has 0 unspecified atom stereocenters. The Kier molecular flexibility index (Phi) is 2.45. The molecular weight excluding hydrogens is 212 g/mol. The summed E-state index contributed by atoms with van der Waals surface area (Å²) in [5, 5.41) is 3.50. The average molecular weight is 232 g/mol. The highest BCUT2D eigenvalue weighted by molar-refractivity contribution is 5.55. The number of nitrogens with one attached hydrogen (secondary N) is 1. The van der Waals surface area contributed by atoms with Gasteiger partial charge in [0.2, 0.25) is 0 Å². The molecular formula is C13H20N4. The lowest BCUT2D eigenvalue weighted by Crippen LogP contribution is -2.19.